The third-order valence-electron chi connectivity index (χ3n) is 5.35. The standard InChI is InChI=1S/C17H30N2O5/c1-15(2)21-12-9-20-17(10-19-7-5-11(18)6-8-19)14(13(12)22-15)23-16(3,4)24-17/h11-14H,5-10,18H2,1-4H3/t12-,13-,14+,17+/m1/s1. The van der Waals surface area contributed by atoms with E-state index in [0.717, 1.165) is 25.9 Å². The summed E-state index contributed by atoms with van der Waals surface area (Å²) in [4.78, 5) is 2.36. The number of nitrogens with zero attached hydrogens (tertiary/aromatic N) is 1. The van der Waals surface area contributed by atoms with Crippen LogP contribution in [0.25, 0.3) is 0 Å². The summed E-state index contributed by atoms with van der Waals surface area (Å²) in [5.41, 5.74) is 6.03. The lowest BCUT2D eigenvalue weighted by Crippen LogP contribution is -2.63. The van der Waals surface area contributed by atoms with Gasteiger partial charge >= 0.3 is 0 Å². The van der Waals surface area contributed by atoms with Crippen LogP contribution in [-0.2, 0) is 23.7 Å². The Kier molecular flexibility index (Phi) is 4.01. The lowest BCUT2D eigenvalue weighted by molar-refractivity contribution is -0.287. The zero-order valence-electron chi connectivity index (χ0n) is 15.1. The third kappa shape index (κ3) is 3.00. The molecule has 4 aliphatic heterocycles. The molecule has 4 atom stereocenters. The van der Waals surface area contributed by atoms with Gasteiger partial charge in [0.2, 0.25) is 5.79 Å². The monoisotopic (exact) mass is 342 g/mol. The number of hydrogen-bond acceptors (Lipinski definition) is 7. The molecule has 0 aliphatic carbocycles. The lowest BCUT2D eigenvalue weighted by atomic mass is 9.95. The first-order chi connectivity index (χ1) is 11.2. The largest absolute Gasteiger partial charge is 0.343 e. The second-order valence-electron chi connectivity index (χ2n) is 8.42. The minimum absolute atomic E-state index is 0.120. The molecule has 4 aliphatic rings. The summed E-state index contributed by atoms with van der Waals surface area (Å²) >= 11 is 0. The number of rotatable bonds is 2. The number of likely N-dealkylation sites (tertiary alicyclic amines) is 1. The molecule has 7 nitrogen and oxygen atoms in total. The van der Waals surface area contributed by atoms with Gasteiger partial charge < -0.3 is 29.4 Å². The van der Waals surface area contributed by atoms with Crippen molar-refractivity contribution in [3.05, 3.63) is 0 Å². The molecule has 7 heteroatoms. The van der Waals surface area contributed by atoms with E-state index in [1.807, 2.05) is 27.7 Å². The van der Waals surface area contributed by atoms with Gasteiger partial charge in [-0.15, -0.1) is 0 Å². The van der Waals surface area contributed by atoms with Crippen molar-refractivity contribution in [2.45, 2.75) is 82.3 Å². The molecule has 0 saturated carbocycles. The number of fused-ring (bicyclic) bond motifs is 3. The Bertz CT molecular complexity index is 491. The Hall–Kier alpha value is -0.280. The van der Waals surface area contributed by atoms with Crippen LogP contribution < -0.4 is 5.73 Å². The summed E-state index contributed by atoms with van der Waals surface area (Å²) in [5.74, 6) is -2.14. The second kappa shape index (κ2) is 5.61. The minimum atomic E-state index is -0.810. The third-order valence-corrected chi connectivity index (χ3v) is 5.35. The summed E-state index contributed by atoms with van der Waals surface area (Å²) < 4.78 is 30.9. The summed E-state index contributed by atoms with van der Waals surface area (Å²) in [7, 11) is 0. The maximum Gasteiger partial charge on any atom is 0.213 e. The Labute approximate surface area is 143 Å². The van der Waals surface area contributed by atoms with E-state index >= 15 is 0 Å². The summed E-state index contributed by atoms with van der Waals surface area (Å²) in [6.45, 7) is 10.8. The number of nitrogens with two attached hydrogens (primary N) is 1. The van der Waals surface area contributed by atoms with Gasteiger partial charge in [0.05, 0.1) is 13.2 Å². The van der Waals surface area contributed by atoms with Gasteiger partial charge in [-0.05, 0) is 53.6 Å². The van der Waals surface area contributed by atoms with E-state index in [2.05, 4.69) is 4.90 Å². The molecule has 0 bridgehead atoms. The van der Waals surface area contributed by atoms with Crippen molar-refractivity contribution < 1.29 is 23.7 Å². The highest BCUT2D eigenvalue weighted by atomic mass is 16.9. The Morgan fingerprint density at radius 3 is 2.42 bits per heavy atom. The maximum atomic E-state index is 6.29. The SMILES string of the molecule is CC1(C)O[C@@H]2[C@@H](CO[C@@]3(CN4CCC(N)CC4)OC(C)(C)O[C@@H]23)O1. The molecule has 4 fully saturated rings. The predicted octanol–water partition coefficient (Wildman–Crippen LogP) is 0.808. The first-order valence-electron chi connectivity index (χ1n) is 9.04. The smallest absolute Gasteiger partial charge is 0.213 e. The highest BCUT2D eigenvalue weighted by Crippen LogP contribution is 2.47. The van der Waals surface area contributed by atoms with Crippen LogP contribution in [0.1, 0.15) is 40.5 Å². The van der Waals surface area contributed by atoms with Gasteiger partial charge in [-0.3, -0.25) is 4.90 Å². The van der Waals surface area contributed by atoms with Crippen LogP contribution in [0.3, 0.4) is 0 Å². The van der Waals surface area contributed by atoms with Crippen LogP contribution in [-0.4, -0.2) is 72.9 Å². The van der Waals surface area contributed by atoms with Crippen molar-refractivity contribution in [1.82, 2.24) is 4.90 Å². The van der Waals surface area contributed by atoms with Crippen molar-refractivity contribution in [3.8, 4) is 0 Å². The van der Waals surface area contributed by atoms with Crippen molar-refractivity contribution in [2.75, 3.05) is 26.2 Å². The fourth-order valence-electron chi connectivity index (χ4n) is 4.39. The normalized spacial score (nSPS) is 45.1. The van der Waals surface area contributed by atoms with Gasteiger partial charge in [0.15, 0.2) is 11.6 Å². The number of ether oxygens (including phenoxy) is 5. The Morgan fingerprint density at radius 2 is 1.71 bits per heavy atom. The molecule has 0 unspecified atom stereocenters. The average molecular weight is 342 g/mol. The van der Waals surface area contributed by atoms with Crippen LogP contribution in [0, 0.1) is 0 Å². The lowest BCUT2D eigenvalue weighted by Gasteiger charge is -2.44. The molecule has 0 aromatic carbocycles. The van der Waals surface area contributed by atoms with Gasteiger partial charge in [0, 0.05) is 6.04 Å². The van der Waals surface area contributed by atoms with Gasteiger partial charge in [-0.25, -0.2) is 0 Å². The van der Waals surface area contributed by atoms with Crippen molar-refractivity contribution in [1.29, 1.82) is 0 Å². The van der Waals surface area contributed by atoms with E-state index in [4.69, 9.17) is 29.4 Å². The summed E-state index contributed by atoms with van der Waals surface area (Å²) in [5, 5.41) is 0. The molecule has 0 radical (unpaired) electrons. The quantitative estimate of drug-likeness (QED) is 0.796. The molecule has 2 N–H and O–H groups in total. The van der Waals surface area contributed by atoms with Crippen molar-refractivity contribution in [2.24, 2.45) is 5.73 Å². The first-order valence-corrected chi connectivity index (χ1v) is 9.04. The van der Waals surface area contributed by atoms with E-state index in [1.54, 1.807) is 0 Å². The minimum Gasteiger partial charge on any atom is -0.343 e. The van der Waals surface area contributed by atoms with E-state index in [1.165, 1.54) is 0 Å². The van der Waals surface area contributed by atoms with Crippen LogP contribution in [0.15, 0.2) is 0 Å². The molecule has 138 valence electrons. The van der Waals surface area contributed by atoms with Crippen molar-refractivity contribution in [3.63, 3.8) is 0 Å². The van der Waals surface area contributed by atoms with Crippen molar-refractivity contribution >= 4 is 0 Å². The van der Waals surface area contributed by atoms with Gasteiger partial charge in [0.25, 0.3) is 0 Å². The summed E-state index contributed by atoms with van der Waals surface area (Å²) in [6, 6.07) is 0.302. The van der Waals surface area contributed by atoms with Crippen LogP contribution in [0.4, 0.5) is 0 Å². The molecule has 4 heterocycles. The molecule has 4 saturated heterocycles. The zero-order valence-corrected chi connectivity index (χ0v) is 15.1. The topological polar surface area (TPSA) is 75.4 Å². The molecule has 24 heavy (non-hydrogen) atoms. The maximum absolute atomic E-state index is 6.29. The highest BCUT2D eigenvalue weighted by Gasteiger charge is 2.65. The average Bonchev–Trinajstić information content (AvgIpc) is 2.93. The second-order valence-corrected chi connectivity index (χ2v) is 8.42. The zero-order chi connectivity index (χ0) is 17.2. The van der Waals surface area contributed by atoms with E-state index < -0.39 is 17.4 Å². The molecule has 0 aromatic rings. The first kappa shape index (κ1) is 17.1. The number of hydrogen-bond donors (Lipinski definition) is 1. The predicted molar refractivity (Wildman–Crippen MR) is 86.2 cm³/mol. The Balaban J connectivity index is 1.55. The van der Waals surface area contributed by atoms with E-state index in [9.17, 15) is 0 Å². The fourth-order valence-corrected chi connectivity index (χ4v) is 4.39. The van der Waals surface area contributed by atoms with E-state index in [0.29, 0.717) is 19.2 Å². The molecule has 0 amide bonds. The molecule has 0 spiro atoms. The summed E-state index contributed by atoms with van der Waals surface area (Å²) in [6.07, 6.45) is 1.41. The van der Waals surface area contributed by atoms with Gasteiger partial charge in [-0.2, -0.15) is 0 Å². The fraction of sp³-hybridized carbons (Fsp3) is 1.00. The van der Waals surface area contributed by atoms with Gasteiger partial charge in [0.1, 0.15) is 18.3 Å². The molecular weight excluding hydrogens is 312 g/mol. The van der Waals surface area contributed by atoms with E-state index in [-0.39, 0.29) is 18.3 Å². The van der Waals surface area contributed by atoms with Crippen LogP contribution in [0.2, 0.25) is 0 Å². The molecular formula is C17H30N2O5. The number of piperidine rings is 1. The molecule has 4 rings (SSSR count). The highest BCUT2D eigenvalue weighted by molar-refractivity contribution is 5.04. The molecule has 0 aromatic heterocycles. The Morgan fingerprint density at radius 1 is 1.00 bits per heavy atom. The van der Waals surface area contributed by atoms with Crippen LogP contribution >= 0.6 is 0 Å². The van der Waals surface area contributed by atoms with Crippen LogP contribution in [0.5, 0.6) is 0 Å². The van der Waals surface area contributed by atoms with Gasteiger partial charge in [-0.1, -0.05) is 0 Å².